The second-order valence-electron chi connectivity index (χ2n) is 5.11. The topological polar surface area (TPSA) is 54.5 Å². The lowest BCUT2D eigenvalue weighted by Crippen LogP contribution is -2.26. The van der Waals surface area contributed by atoms with Crippen molar-refractivity contribution in [2.24, 2.45) is 0 Å². The number of carbonyl (C=O) groups excluding carboxylic acids is 1. The van der Waals surface area contributed by atoms with Crippen LogP contribution in [0.5, 0.6) is 0 Å². The van der Waals surface area contributed by atoms with Crippen molar-refractivity contribution >= 4 is 38.7 Å². The van der Waals surface area contributed by atoms with Crippen LogP contribution >= 0.6 is 22.9 Å². The minimum atomic E-state index is -3.47. The van der Waals surface area contributed by atoms with E-state index in [1.54, 1.807) is 23.3 Å². The van der Waals surface area contributed by atoms with Crippen molar-refractivity contribution in [3.63, 3.8) is 0 Å². The molecule has 0 saturated heterocycles. The number of sulfone groups is 1. The van der Waals surface area contributed by atoms with Gasteiger partial charge in [-0.15, -0.1) is 11.3 Å². The molecule has 1 heterocycles. The number of aryl methyl sites for hydroxylation is 1. The van der Waals surface area contributed by atoms with Crippen LogP contribution in [-0.4, -0.2) is 32.5 Å². The summed E-state index contributed by atoms with van der Waals surface area (Å²) >= 11 is 7.49. The molecule has 1 aromatic carbocycles. The number of amides is 1. The van der Waals surface area contributed by atoms with Crippen molar-refractivity contribution in [2.45, 2.75) is 18.4 Å². The maximum atomic E-state index is 12.5. The van der Waals surface area contributed by atoms with Crippen LogP contribution in [0.25, 0.3) is 0 Å². The number of thiophene rings is 1. The number of rotatable bonds is 4. The van der Waals surface area contributed by atoms with Crippen LogP contribution < -0.4 is 0 Å². The molecule has 1 aromatic heterocycles. The third-order valence-electron chi connectivity index (χ3n) is 3.27. The summed E-state index contributed by atoms with van der Waals surface area (Å²) in [7, 11) is -1.78. The van der Waals surface area contributed by atoms with E-state index in [0.29, 0.717) is 12.1 Å². The fourth-order valence-corrected chi connectivity index (χ4v) is 4.25. The van der Waals surface area contributed by atoms with Gasteiger partial charge in [0.1, 0.15) is 0 Å². The standard InChI is InChI=1S/C15H16ClNO3S2/c1-10-6-7-21-13(10)9-17(2)15(18)11-4-5-12(16)14(8-11)22(3,19)20/h4-8H,9H2,1-3H3. The van der Waals surface area contributed by atoms with E-state index in [1.807, 2.05) is 18.4 Å². The van der Waals surface area contributed by atoms with E-state index in [-0.39, 0.29) is 15.8 Å². The van der Waals surface area contributed by atoms with Crippen LogP contribution in [0.2, 0.25) is 5.02 Å². The molecular formula is C15H16ClNO3S2. The van der Waals surface area contributed by atoms with Gasteiger partial charge < -0.3 is 4.90 Å². The Morgan fingerprint density at radius 2 is 2.00 bits per heavy atom. The molecule has 0 aliphatic carbocycles. The van der Waals surface area contributed by atoms with E-state index in [2.05, 4.69) is 0 Å². The maximum Gasteiger partial charge on any atom is 0.253 e. The van der Waals surface area contributed by atoms with Crippen molar-refractivity contribution in [1.82, 2.24) is 4.90 Å². The smallest absolute Gasteiger partial charge is 0.253 e. The highest BCUT2D eigenvalue weighted by Gasteiger charge is 2.18. The van der Waals surface area contributed by atoms with Gasteiger partial charge in [-0.1, -0.05) is 11.6 Å². The quantitative estimate of drug-likeness (QED) is 0.842. The summed E-state index contributed by atoms with van der Waals surface area (Å²) in [6.07, 6.45) is 1.07. The first kappa shape index (κ1) is 17.0. The molecule has 2 rings (SSSR count). The highest BCUT2D eigenvalue weighted by Crippen LogP contribution is 2.24. The van der Waals surface area contributed by atoms with Gasteiger partial charge in [-0.05, 0) is 42.1 Å². The Labute approximate surface area is 139 Å². The zero-order chi connectivity index (χ0) is 16.5. The molecule has 0 N–H and O–H groups in total. The molecule has 118 valence electrons. The summed E-state index contributed by atoms with van der Waals surface area (Å²) in [6.45, 7) is 2.48. The maximum absolute atomic E-state index is 12.5. The van der Waals surface area contributed by atoms with Crippen LogP contribution in [0.4, 0.5) is 0 Å². The normalized spacial score (nSPS) is 11.5. The van der Waals surface area contributed by atoms with Gasteiger partial charge in [-0.25, -0.2) is 8.42 Å². The first-order valence-corrected chi connectivity index (χ1v) is 9.63. The first-order valence-electron chi connectivity index (χ1n) is 6.48. The zero-order valence-electron chi connectivity index (χ0n) is 12.5. The molecular weight excluding hydrogens is 342 g/mol. The largest absolute Gasteiger partial charge is 0.337 e. The van der Waals surface area contributed by atoms with E-state index in [0.717, 1.165) is 16.7 Å². The highest BCUT2D eigenvalue weighted by atomic mass is 35.5. The SMILES string of the molecule is Cc1ccsc1CN(C)C(=O)c1ccc(Cl)c(S(C)(=O)=O)c1. The summed E-state index contributed by atoms with van der Waals surface area (Å²) in [6, 6.07) is 6.31. The number of benzene rings is 1. The van der Waals surface area contributed by atoms with Crippen molar-refractivity contribution in [3.8, 4) is 0 Å². The van der Waals surface area contributed by atoms with Gasteiger partial charge in [0.25, 0.3) is 5.91 Å². The molecule has 0 unspecified atom stereocenters. The summed E-state index contributed by atoms with van der Waals surface area (Å²) in [4.78, 5) is 15.1. The Morgan fingerprint density at radius 1 is 1.32 bits per heavy atom. The molecule has 0 bridgehead atoms. The number of hydrogen-bond acceptors (Lipinski definition) is 4. The summed E-state index contributed by atoms with van der Waals surface area (Å²) in [5.74, 6) is -0.241. The molecule has 1 amide bonds. The number of halogens is 1. The van der Waals surface area contributed by atoms with E-state index in [9.17, 15) is 13.2 Å². The molecule has 0 saturated carbocycles. The zero-order valence-corrected chi connectivity index (χ0v) is 14.8. The Balaban J connectivity index is 2.28. The van der Waals surface area contributed by atoms with Gasteiger partial charge in [-0.2, -0.15) is 0 Å². The second kappa shape index (κ2) is 6.40. The predicted octanol–water partition coefficient (Wildman–Crippen LogP) is 3.39. The van der Waals surface area contributed by atoms with Crippen LogP contribution in [0.3, 0.4) is 0 Å². The van der Waals surface area contributed by atoms with Gasteiger partial charge in [0, 0.05) is 23.7 Å². The van der Waals surface area contributed by atoms with Crippen LogP contribution in [-0.2, 0) is 16.4 Å². The van der Waals surface area contributed by atoms with Crippen LogP contribution in [0.1, 0.15) is 20.8 Å². The molecule has 7 heteroatoms. The highest BCUT2D eigenvalue weighted by molar-refractivity contribution is 7.90. The van der Waals surface area contributed by atoms with E-state index in [1.165, 1.54) is 18.2 Å². The number of hydrogen-bond donors (Lipinski definition) is 0. The van der Waals surface area contributed by atoms with Crippen molar-refractivity contribution in [1.29, 1.82) is 0 Å². The third-order valence-corrected chi connectivity index (χ3v) is 5.86. The Hall–Kier alpha value is -1.37. The molecule has 0 aliphatic heterocycles. The van der Waals surface area contributed by atoms with Crippen molar-refractivity contribution < 1.29 is 13.2 Å². The lowest BCUT2D eigenvalue weighted by atomic mass is 10.2. The molecule has 0 radical (unpaired) electrons. The van der Waals surface area contributed by atoms with Gasteiger partial charge in [0.15, 0.2) is 9.84 Å². The predicted molar refractivity (Wildman–Crippen MR) is 89.4 cm³/mol. The monoisotopic (exact) mass is 357 g/mol. The van der Waals surface area contributed by atoms with E-state index < -0.39 is 9.84 Å². The van der Waals surface area contributed by atoms with Crippen molar-refractivity contribution in [3.05, 3.63) is 50.7 Å². The molecule has 0 atom stereocenters. The van der Waals surface area contributed by atoms with Gasteiger partial charge in [0.2, 0.25) is 0 Å². The summed E-state index contributed by atoms with van der Waals surface area (Å²) < 4.78 is 23.4. The minimum Gasteiger partial charge on any atom is -0.337 e. The van der Waals surface area contributed by atoms with E-state index >= 15 is 0 Å². The number of carbonyl (C=O) groups is 1. The van der Waals surface area contributed by atoms with Gasteiger partial charge in [-0.3, -0.25) is 4.79 Å². The summed E-state index contributed by atoms with van der Waals surface area (Å²) in [5, 5.41) is 2.10. The van der Waals surface area contributed by atoms with Gasteiger partial charge >= 0.3 is 0 Å². The van der Waals surface area contributed by atoms with Crippen LogP contribution in [0.15, 0.2) is 34.5 Å². The lowest BCUT2D eigenvalue weighted by molar-refractivity contribution is 0.0786. The fraction of sp³-hybridized carbons (Fsp3) is 0.267. The summed E-state index contributed by atoms with van der Waals surface area (Å²) in [5.41, 5.74) is 1.44. The fourth-order valence-electron chi connectivity index (χ4n) is 1.99. The lowest BCUT2D eigenvalue weighted by Gasteiger charge is -2.17. The molecule has 0 spiro atoms. The number of nitrogens with zero attached hydrogens (tertiary/aromatic N) is 1. The minimum absolute atomic E-state index is 0.0271. The Bertz CT molecular complexity index is 812. The average Bonchev–Trinajstić information content (AvgIpc) is 2.82. The Morgan fingerprint density at radius 3 is 2.55 bits per heavy atom. The van der Waals surface area contributed by atoms with Crippen LogP contribution in [0, 0.1) is 6.92 Å². The second-order valence-corrected chi connectivity index (χ2v) is 8.50. The van der Waals surface area contributed by atoms with Crippen molar-refractivity contribution in [2.75, 3.05) is 13.3 Å². The third kappa shape index (κ3) is 3.69. The average molecular weight is 358 g/mol. The molecule has 22 heavy (non-hydrogen) atoms. The molecule has 0 aliphatic rings. The Kier molecular flexibility index (Phi) is 4.94. The van der Waals surface area contributed by atoms with Gasteiger partial charge in [0.05, 0.1) is 16.5 Å². The molecule has 0 fully saturated rings. The molecule has 2 aromatic rings. The van der Waals surface area contributed by atoms with E-state index in [4.69, 9.17) is 11.6 Å². The molecule has 4 nitrogen and oxygen atoms in total. The first-order chi connectivity index (χ1) is 10.2.